The molecule has 7 heteroatoms. The maximum absolute atomic E-state index is 12.8. The summed E-state index contributed by atoms with van der Waals surface area (Å²) < 4.78 is 20.3. The average Bonchev–Trinajstić information content (AvgIpc) is 3.02. The summed E-state index contributed by atoms with van der Waals surface area (Å²) in [5, 5.41) is 9.70. The Balaban J connectivity index is 1.45. The molecule has 1 atom stereocenters. The molecule has 6 nitrogen and oxygen atoms in total. The number of halogens is 1. The van der Waals surface area contributed by atoms with Crippen LogP contribution in [0, 0.1) is 5.82 Å². The molecule has 1 aromatic heterocycles. The second-order valence-corrected chi connectivity index (χ2v) is 5.87. The van der Waals surface area contributed by atoms with Gasteiger partial charge in [0.15, 0.2) is 0 Å². The van der Waals surface area contributed by atoms with Gasteiger partial charge in [0.2, 0.25) is 0 Å². The Morgan fingerprint density at radius 1 is 1.33 bits per heavy atom. The number of carbonyl (C=O) groups is 1. The van der Waals surface area contributed by atoms with E-state index < -0.39 is 0 Å². The summed E-state index contributed by atoms with van der Waals surface area (Å²) in [7, 11) is 0. The highest BCUT2D eigenvalue weighted by Crippen LogP contribution is 2.15. The van der Waals surface area contributed by atoms with Gasteiger partial charge in [-0.2, -0.15) is 5.10 Å². The number of aromatic nitrogens is 2. The average molecular weight is 332 g/mol. The number of nitrogens with zero attached hydrogens (tertiary/aromatic N) is 2. The second-order valence-electron chi connectivity index (χ2n) is 5.87. The monoisotopic (exact) mass is 332 g/mol. The van der Waals surface area contributed by atoms with Crippen LogP contribution in [0.5, 0.6) is 0 Å². The Morgan fingerprint density at radius 3 is 2.92 bits per heavy atom. The standard InChI is InChI=1S/C17H21FN4O2/c18-14-6-4-13(5-7-14)9-19-17(23)21-15-10-20-22(11-15)12-16-3-1-2-8-24-16/h4-7,10-11,16H,1-3,8-9,12H2,(H2,19,21,23). The molecule has 1 fully saturated rings. The van der Waals surface area contributed by atoms with E-state index in [-0.39, 0.29) is 18.0 Å². The maximum Gasteiger partial charge on any atom is 0.319 e. The fourth-order valence-electron chi connectivity index (χ4n) is 2.65. The molecule has 3 rings (SSSR count). The van der Waals surface area contributed by atoms with E-state index in [0.717, 1.165) is 25.0 Å². The summed E-state index contributed by atoms with van der Waals surface area (Å²) >= 11 is 0. The number of rotatable bonds is 5. The summed E-state index contributed by atoms with van der Waals surface area (Å²) in [5.41, 5.74) is 1.46. The van der Waals surface area contributed by atoms with Crippen LogP contribution in [0.1, 0.15) is 24.8 Å². The Labute approximate surface area is 140 Å². The van der Waals surface area contributed by atoms with E-state index in [1.54, 1.807) is 29.2 Å². The molecule has 1 saturated heterocycles. The van der Waals surface area contributed by atoms with E-state index in [0.29, 0.717) is 18.8 Å². The fourth-order valence-corrected chi connectivity index (χ4v) is 2.65. The minimum atomic E-state index is -0.326. The number of carbonyl (C=O) groups excluding carboxylic acids is 1. The van der Waals surface area contributed by atoms with Crippen LogP contribution in [0.15, 0.2) is 36.7 Å². The van der Waals surface area contributed by atoms with Crippen molar-refractivity contribution in [3.05, 3.63) is 48.0 Å². The van der Waals surface area contributed by atoms with Crippen molar-refractivity contribution in [3.63, 3.8) is 0 Å². The smallest absolute Gasteiger partial charge is 0.319 e. The highest BCUT2D eigenvalue weighted by atomic mass is 19.1. The largest absolute Gasteiger partial charge is 0.376 e. The van der Waals surface area contributed by atoms with Gasteiger partial charge in [-0.15, -0.1) is 0 Å². The van der Waals surface area contributed by atoms with Gasteiger partial charge in [-0.3, -0.25) is 4.68 Å². The van der Waals surface area contributed by atoms with Crippen LogP contribution in [0.25, 0.3) is 0 Å². The first kappa shape index (κ1) is 16.4. The van der Waals surface area contributed by atoms with Crippen molar-refractivity contribution in [2.24, 2.45) is 0 Å². The molecule has 1 aliphatic rings. The van der Waals surface area contributed by atoms with Crippen molar-refractivity contribution in [3.8, 4) is 0 Å². The van der Waals surface area contributed by atoms with Crippen LogP contribution >= 0.6 is 0 Å². The first-order chi connectivity index (χ1) is 11.7. The maximum atomic E-state index is 12.8. The molecule has 2 heterocycles. The number of anilines is 1. The number of nitrogens with one attached hydrogen (secondary N) is 2. The molecule has 0 saturated carbocycles. The van der Waals surface area contributed by atoms with Crippen LogP contribution in [0.2, 0.25) is 0 Å². The van der Waals surface area contributed by atoms with Crippen molar-refractivity contribution in [1.82, 2.24) is 15.1 Å². The van der Waals surface area contributed by atoms with Gasteiger partial charge in [-0.05, 0) is 37.0 Å². The zero-order valence-electron chi connectivity index (χ0n) is 13.4. The van der Waals surface area contributed by atoms with E-state index in [1.165, 1.54) is 18.6 Å². The van der Waals surface area contributed by atoms with Crippen molar-refractivity contribution in [1.29, 1.82) is 0 Å². The van der Waals surface area contributed by atoms with E-state index in [1.807, 2.05) is 0 Å². The minimum absolute atomic E-state index is 0.193. The fraction of sp³-hybridized carbons (Fsp3) is 0.412. The third kappa shape index (κ3) is 4.79. The van der Waals surface area contributed by atoms with Gasteiger partial charge in [-0.25, -0.2) is 9.18 Å². The SMILES string of the molecule is O=C(NCc1ccc(F)cc1)Nc1cnn(CC2CCCCO2)c1. The van der Waals surface area contributed by atoms with Crippen LogP contribution in [-0.4, -0.2) is 28.5 Å². The zero-order valence-corrected chi connectivity index (χ0v) is 13.4. The molecule has 1 aromatic carbocycles. The highest BCUT2D eigenvalue weighted by Gasteiger charge is 2.15. The molecule has 0 radical (unpaired) electrons. The predicted molar refractivity (Wildman–Crippen MR) is 88.1 cm³/mol. The molecule has 0 aliphatic carbocycles. The third-order valence-electron chi connectivity index (χ3n) is 3.92. The summed E-state index contributed by atoms with van der Waals surface area (Å²) in [4.78, 5) is 11.9. The number of hydrogen-bond donors (Lipinski definition) is 2. The molecule has 0 bridgehead atoms. The second kappa shape index (κ2) is 7.92. The van der Waals surface area contributed by atoms with Crippen LogP contribution < -0.4 is 10.6 Å². The van der Waals surface area contributed by atoms with Gasteiger partial charge in [-0.1, -0.05) is 12.1 Å². The van der Waals surface area contributed by atoms with Gasteiger partial charge >= 0.3 is 6.03 Å². The summed E-state index contributed by atoms with van der Waals surface area (Å²) in [6.45, 7) is 1.83. The van der Waals surface area contributed by atoms with E-state index >= 15 is 0 Å². The molecule has 2 N–H and O–H groups in total. The molecule has 2 aromatic rings. The number of hydrogen-bond acceptors (Lipinski definition) is 3. The topological polar surface area (TPSA) is 68.2 Å². The summed E-state index contributed by atoms with van der Waals surface area (Å²) in [6.07, 6.45) is 6.94. The van der Waals surface area contributed by atoms with Gasteiger partial charge in [0.1, 0.15) is 5.82 Å². The molecule has 128 valence electrons. The lowest BCUT2D eigenvalue weighted by molar-refractivity contribution is 0.00401. The Morgan fingerprint density at radius 2 is 2.17 bits per heavy atom. The van der Waals surface area contributed by atoms with Crippen LogP contribution in [-0.2, 0) is 17.8 Å². The van der Waals surface area contributed by atoms with Crippen molar-refractivity contribution >= 4 is 11.7 Å². The first-order valence-corrected chi connectivity index (χ1v) is 8.12. The van der Waals surface area contributed by atoms with Gasteiger partial charge in [0.05, 0.1) is 24.5 Å². The Kier molecular flexibility index (Phi) is 5.43. The first-order valence-electron chi connectivity index (χ1n) is 8.12. The van der Waals surface area contributed by atoms with Gasteiger partial charge < -0.3 is 15.4 Å². The van der Waals surface area contributed by atoms with Gasteiger partial charge in [0, 0.05) is 19.3 Å². The van der Waals surface area contributed by atoms with Crippen molar-refractivity contribution < 1.29 is 13.9 Å². The van der Waals surface area contributed by atoms with E-state index in [2.05, 4.69) is 15.7 Å². The number of urea groups is 1. The van der Waals surface area contributed by atoms with Crippen molar-refractivity contribution in [2.45, 2.75) is 38.5 Å². The van der Waals surface area contributed by atoms with Gasteiger partial charge in [0.25, 0.3) is 0 Å². The van der Waals surface area contributed by atoms with Crippen molar-refractivity contribution in [2.75, 3.05) is 11.9 Å². The minimum Gasteiger partial charge on any atom is -0.376 e. The number of benzene rings is 1. The molecule has 24 heavy (non-hydrogen) atoms. The normalized spacial score (nSPS) is 17.5. The molecule has 1 unspecified atom stereocenters. The highest BCUT2D eigenvalue weighted by molar-refractivity contribution is 5.88. The molecule has 0 spiro atoms. The number of amides is 2. The Bertz CT molecular complexity index is 665. The molecular weight excluding hydrogens is 311 g/mol. The quantitative estimate of drug-likeness (QED) is 0.884. The van der Waals surface area contributed by atoms with Crippen LogP contribution in [0.4, 0.5) is 14.9 Å². The summed E-state index contributed by atoms with van der Waals surface area (Å²) in [5.74, 6) is -0.294. The number of ether oxygens (including phenoxy) is 1. The van der Waals surface area contributed by atoms with E-state index in [4.69, 9.17) is 4.74 Å². The molecule has 2 amide bonds. The predicted octanol–water partition coefficient (Wildman–Crippen LogP) is 2.91. The molecule has 1 aliphatic heterocycles. The van der Waals surface area contributed by atoms with E-state index in [9.17, 15) is 9.18 Å². The zero-order chi connectivity index (χ0) is 16.8. The molecular formula is C17H21FN4O2. The third-order valence-corrected chi connectivity index (χ3v) is 3.92. The Hall–Kier alpha value is -2.41. The lowest BCUT2D eigenvalue weighted by Gasteiger charge is -2.22. The summed E-state index contributed by atoms with van der Waals surface area (Å²) in [6, 6.07) is 5.68. The lowest BCUT2D eigenvalue weighted by Crippen LogP contribution is -2.28. The lowest BCUT2D eigenvalue weighted by atomic mass is 10.1. The van der Waals surface area contributed by atoms with Crippen LogP contribution in [0.3, 0.4) is 0 Å².